The first-order chi connectivity index (χ1) is 12.9. The van der Waals surface area contributed by atoms with Crippen molar-refractivity contribution in [1.29, 1.82) is 0 Å². The summed E-state index contributed by atoms with van der Waals surface area (Å²) in [4.78, 5) is 38.4. The summed E-state index contributed by atoms with van der Waals surface area (Å²) < 4.78 is 2.56. The Hall–Kier alpha value is -2.54. The van der Waals surface area contributed by atoms with E-state index in [0.717, 1.165) is 10.1 Å². The van der Waals surface area contributed by atoms with Crippen LogP contribution >= 0.6 is 11.6 Å². The minimum Gasteiger partial charge on any atom is -0.358 e. The van der Waals surface area contributed by atoms with Crippen molar-refractivity contribution in [3.63, 3.8) is 0 Å². The molecule has 1 N–H and O–H groups in total. The molecule has 0 bridgehead atoms. The van der Waals surface area contributed by atoms with E-state index in [9.17, 15) is 14.4 Å². The maximum Gasteiger partial charge on any atom is 0.332 e. The standard InChI is InChI=1S/C19H23ClN4O3/c1-22-16(11-17(25)23(2)19(22)27)24-9-7-14(8-10-24)18(26)21-12-13-3-5-15(20)6-4-13/h3-6,11,14H,7-10,12H2,1-2H3,(H,21,26). The normalized spacial score (nSPS) is 15.0. The summed E-state index contributed by atoms with van der Waals surface area (Å²) in [7, 11) is 3.12. The van der Waals surface area contributed by atoms with Crippen molar-refractivity contribution < 1.29 is 4.79 Å². The van der Waals surface area contributed by atoms with Crippen LogP contribution < -0.4 is 21.5 Å². The molecule has 0 unspecified atom stereocenters. The number of rotatable bonds is 4. The van der Waals surface area contributed by atoms with Crippen LogP contribution in [-0.4, -0.2) is 28.1 Å². The Kier molecular flexibility index (Phi) is 5.70. The predicted octanol–water partition coefficient (Wildman–Crippen LogP) is 1.27. The van der Waals surface area contributed by atoms with Crippen LogP contribution in [0.5, 0.6) is 0 Å². The molecule has 7 nitrogen and oxygen atoms in total. The Morgan fingerprint density at radius 1 is 1.11 bits per heavy atom. The van der Waals surface area contributed by atoms with Crippen molar-refractivity contribution in [3.8, 4) is 0 Å². The average molecular weight is 391 g/mol. The lowest BCUT2D eigenvalue weighted by Crippen LogP contribution is -2.44. The zero-order valence-corrected chi connectivity index (χ0v) is 16.2. The smallest absolute Gasteiger partial charge is 0.332 e. The van der Waals surface area contributed by atoms with Crippen molar-refractivity contribution in [1.82, 2.24) is 14.5 Å². The van der Waals surface area contributed by atoms with E-state index in [0.29, 0.717) is 43.3 Å². The molecular weight excluding hydrogens is 368 g/mol. The molecule has 1 fully saturated rings. The molecule has 1 amide bonds. The number of piperidine rings is 1. The first-order valence-corrected chi connectivity index (χ1v) is 9.29. The summed E-state index contributed by atoms with van der Waals surface area (Å²) in [5, 5.41) is 3.64. The number of nitrogens with one attached hydrogen (secondary N) is 1. The van der Waals surface area contributed by atoms with Gasteiger partial charge in [0.1, 0.15) is 5.82 Å². The molecule has 3 rings (SSSR count). The zero-order chi connectivity index (χ0) is 19.6. The number of carbonyl (C=O) groups is 1. The molecule has 2 heterocycles. The van der Waals surface area contributed by atoms with Crippen LogP contribution in [-0.2, 0) is 25.4 Å². The third-order valence-electron chi connectivity index (χ3n) is 5.07. The number of amides is 1. The van der Waals surface area contributed by atoms with Crippen LogP contribution in [0.1, 0.15) is 18.4 Å². The van der Waals surface area contributed by atoms with Crippen LogP contribution in [0.3, 0.4) is 0 Å². The van der Waals surface area contributed by atoms with Gasteiger partial charge in [0.05, 0.1) is 0 Å². The highest BCUT2D eigenvalue weighted by molar-refractivity contribution is 6.30. The molecule has 2 aromatic rings. The van der Waals surface area contributed by atoms with E-state index in [2.05, 4.69) is 5.32 Å². The summed E-state index contributed by atoms with van der Waals surface area (Å²) in [6.45, 7) is 1.72. The monoisotopic (exact) mass is 390 g/mol. The quantitative estimate of drug-likeness (QED) is 0.853. The molecule has 1 saturated heterocycles. The Balaban J connectivity index is 1.59. The second-order valence-electron chi connectivity index (χ2n) is 6.85. The molecular formula is C19H23ClN4O3. The van der Waals surface area contributed by atoms with Gasteiger partial charge in [0.2, 0.25) is 5.91 Å². The molecule has 1 aromatic heterocycles. The predicted molar refractivity (Wildman–Crippen MR) is 105 cm³/mol. The molecule has 0 spiro atoms. The van der Waals surface area contributed by atoms with E-state index in [1.807, 2.05) is 17.0 Å². The second kappa shape index (κ2) is 8.00. The van der Waals surface area contributed by atoms with Crippen molar-refractivity contribution in [2.24, 2.45) is 20.0 Å². The molecule has 1 aliphatic rings. The molecule has 0 atom stereocenters. The highest BCUT2D eigenvalue weighted by Gasteiger charge is 2.26. The fourth-order valence-corrected chi connectivity index (χ4v) is 3.46. The molecule has 8 heteroatoms. The lowest BCUT2D eigenvalue weighted by Gasteiger charge is -2.33. The number of benzene rings is 1. The zero-order valence-electron chi connectivity index (χ0n) is 15.4. The highest BCUT2D eigenvalue weighted by atomic mass is 35.5. The number of carbonyl (C=O) groups excluding carboxylic acids is 1. The number of nitrogens with zero attached hydrogens (tertiary/aromatic N) is 3. The molecule has 1 aromatic carbocycles. The number of aromatic nitrogens is 2. The van der Waals surface area contributed by atoms with Gasteiger partial charge in [0.15, 0.2) is 0 Å². The van der Waals surface area contributed by atoms with Crippen LogP contribution in [0, 0.1) is 5.92 Å². The van der Waals surface area contributed by atoms with Crippen LogP contribution in [0.2, 0.25) is 5.02 Å². The van der Waals surface area contributed by atoms with Gasteiger partial charge in [-0.2, -0.15) is 0 Å². The topological polar surface area (TPSA) is 76.3 Å². The van der Waals surface area contributed by atoms with Crippen molar-refractivity contribution in [3.05, 3.63) is 61.8 Å². The summed E-state index contributed by atoms with van der Waals surface area (Å²) >= 11 is 5.87. The van der Waals surface area contributed by atoms with Crippen LogP contribution in [0.4, 0.5) is 5.82 Å². The van der Waals surface area contributed by atoms with E-state index in [-0.39, 0.29) is 23.1 Å². The molecule has 0 saturated carbocycles. The Bertz CT molecular complexity index is 941. The Labute approximate surface area is 162 Å². The van der Waals surface area contributed by atoms with E-state index in [1.54, 1.807) is 19.2 Å². The van der Waals surface area contributed by atoms with Gasteiger partial charge in [-0.25, -0.2) is 4.79 Å². The SMILES string of the molecule is Cn1c(N2CCC(C(=O)NCc3ccc(Cl)cc3)CC2)cc(=O)n(C)c1=O. The lowest BCUT2D eigenvalue weighted by atomic mass is 9.96. The summed E-state index contributed by atoms with van der Waals surface area (Å²) in [6, 6.07) is 8.86. The molecule has 1 aliphatic heterocycles. The van der Waals surface area contributed by atoms with Crippen molar-refractivity contribution in [2.45, 2.75) is 19.4 Å². The van der Waals surface area contributed by atoms with Gasteiger partial charge >= 0.3 is 5.69 Å². The molecule has 144 valence electrons. The van der Waals surface area contributed by atoms with E-state index < -0.39 is 0 Å². The van der Waals surface area contributed by atoms with Crippen LogP contribution in [0.15, 0.2) is 39.9 Å². The van der Waals surface area contributed by atoms with Gasteiger partial charge in [-0.1, -0.05) is 23.7 Å². The molecule has 27 heavy (non-hydrogen) atoms. The lowest BCUT2D eigenvalue weighted by molar-refractivity contribution is -0.125. The third-order valence-corrected chi connectivity index (χ3v) is 5.32. The summed E-state index contributed by atoms with van der Waals surface area (Å²) in [5.41, 5.74) is 0.330. The molecule has 0 aliphatic carbocycles. The summed E-state index contributed by atoms with van der Waals surface area (Å²) in [6.07, 6.45) is 1.35. The summed E-state index contributed by atoms with van der Waals surface area (Å²) in [5.74, 6) is 0.558. The van der Waals surface area contributed by atoms with Gasteiger partial charge in [0.25, 0.3) is 5.56 Å². The highest BCUT2D eigenvalue weighted by Crippen LogP contribution is 2.21. The van der Waals surface area contributed by atoms with Gasteiger partial charge in [-0.15, -0.1) is 0 Å². The largest absolute Gasteiger partial charge is 0.358 e. The average Bonchev–Trinajstić information content (AvgIpc) is 2.68. The van der Waals surface area contributed by atoms with Crippen molar-refractivity contribution in [2.75, 3.05) is 18.0 Å². The Morgan fingerprint density at radius 2 is 1.74 bits per heavy atom. The Morgan fingerprint density at radius 3 is 2.37 bits per heavy atom. The maximum absolute atomic E-state index is 12.4. The number of anilines is 1. The van der Waals surface area contributed by atoms with Crippen molar-refractivity contribution >= 4 is 23.3 Å². The number of hydrogen-bond acceptors (Lipinski definition) is 4. The minimum atomic E-state index is -0.347. The minimum absolute atomic E-state index is 0.0301. The third kappa shape index (κ3) is 4.24. The van der Waals surface area contributed by atoms with E-state index in [1.165, 1.54) is 17.7 Å². The van der Waals surface area contributed by atoms with Gasteiger partial charge in [-0.3, -0.25) is 18.7 Å². The van der Waals surface area contributed by atoms with Gasteiger partial charge in [0, 0.05) is 50.7 Å². The van der Waals surface area contributed by atoms with Crippen LogP contribution in [0.25, 0.3) is 0 Å². The number of hydrogen-bond donors (Lipinski definition) is 1. The fraction of sp³-hybridized carbons (Fsp3) is 0.421. The maximum atomic E-state index is 12.4. The van der Waals surface area contributed by atoms with Gasteiger partial charge in [-0.05, 0) is 30.5 Å². The fourth-order valence-electron chi connectivity index (χ4n) is 3.33. The first kappa shape index (κ1) is 19.2. The molecule has 0 radical (unpaired) electrons. The second-order valence-corrected chi connectivity index (χ2v) is 7.28. The van der Waals surface area contributed by atoms with Gasteiger partial charge < -0.3 is 10.2 Å². The van der Waals surface area contributed by atoms with E-state index in [4.69, 9.17) is 11.6 Å². The first-order valence-electron chi connectivity index (χ1n) is 8.91. The number of halogens is 1. The van der Waals surface area contributed by atoms with E-state index >= 15 is 0 Å².